The highest BCUT2D eigenvalue weighted by Gasteiger charge is 2.32. The summed E-state index contributed by atoms with van der Waals surface area (Å²) in [6, 6.07) is 5.64. The predicted molar refractivity (Wildman–Crippen MR) is 111 cm³/mol. The van der Waals surface area contributed by atoms with Gasteiger partial charge in [0.05, 0.1) is 19.2 Å². The van der Waals surface area contributed by atoms with Crippen LogP contribution in [0.1, 0.15) is 44.6 Å². The molecule has 2 rings (SSSR count). The number of nitrogens with zero attached hydrogens (tertiary/aromatic N) is 2. The molecular formula is C18H22BrN3O4S. The molecule has 0 bridgehead atoms. The highest BCUT2D eigenvalue weighted by molar-refractivity contribution is 9.10. The number of thioether (sulfide) groups is 1. The van der Waals surface area contributed by atoms with Crippen molar-refractivity contribution in [2.45, 2.75) is 44.3 Å². The Labute approximate surface area is 170 Å². The minimum Gasteiger partial charge on any atom is -0.493 e. The average molecular weight is 456 g/mol. The molecule has 7 nitrogen and oxygen atoms in total. The number of hydrogen-bond donors (Lipinski definition) is 2. The average Bonchev–Trinajstić information content (AvgIpc) is 2.95. The van der Waals surface area contributed by atoms with E-state index in [4.69, 9.17) is 9.84 Å². The van der Waals surface area contributed by atoms with Gasteiger partial charge >= 0.3 is 5.97 Å². The maximum Gasteiger partial charge on any atom is 0.305 e. The number of aliphatic carboxylic acids is 1. The molecule has 0 spiro atoms. The summed E-state index contributed by atoms with van der Waals surface area (Å²) in [5.74, 6) is -0.678. The fraction of sp³-hybridized carbons (Fsp3) is 0.444. The van der Waals surface area contributed by atoms with Crippen LogP contribution >= 0.6 is 27.7 Å². The number of halogens is 1. The second-order valence-corrected chi connectivity index (χ2v) is 8.04. The SMILES string of the molecule is CCCCCCOc1ccc(Br)cc1C=NN=C1NC(=O)C(CC(=O)O)S1. The number of rotatable bonds is 10. The van der Waals surface area contributed by atoms with Gasteiger partial charge in [-0.3, -0.25) is 9.59 Å². The second-order valence-electron chi connectivity index (χ2n) is 5.93. The minimum atomic E-state index is -1.03. The lowest BCUT2D eigenvalue weighted by molar-refractivity contribution is -0.138. The lowest BCUT2D eigenvalue weighted by Crippen LogP contribution is -2.26. The molecule has 1 aliphatic rings. The Balaban J connectivity index is 1.98. The predicted octanol–water partition coefficient (Wildman–Crippen LogP) is 3.80. The highest BCUT2D eigenvalue weighted by Crippen LogP contribution is 2.24. The topological polar surface area (TPSA) is 100 Å². The summed E-state index contributed by atoms with van der Waals surface area (Å²) in [5.41, 5.74) is 0.764. The van der Waals surface area contributed by atoms with Crippen LogP contribution in [0.3, 0.4) is 0 Å². The minimum absolute atomic E-state index is 0.249. The van der Waals surface area contributed by atoms with E-state index in [0.717, 1.165) is 34.6 Å². The van der Waals surface area contributed by atoms with Crippen molar-refractivity contribution < 1.29 is 19.4 Å². The number of nitrogens with one attached hydrogen (secondary N) is 1. The van der Waals surface area contributed by atoms with E-state index in [0.29, 0.717) is 17.5 Å². The fourth-order valence-electron chi connectivity index (χ4n) is 2.35. The smallest absolute Gasteiger partial charge is 0.305 e. The van der Waals surface area contributed by atoms with Crippen LogP contribution in [-0.4, -0.2) is 40.2 Å². The molecule has 1 aliphatic heterocycles. The van der Waals surface area contributed by atoms with E-state index in [2.05, 4.69) is 38.4 Å². The molecule has 1 fully saturated rings. The van der Waals surface area contributed by atoms with Gasteiger partial charge in [-0.1, -0.05) is 53.9 Å². The normalized spacial score (nSPS) is 18.2. The lowest BCUT2D eigenvalue weighted by Gasteiger charge is -2.09. The van der Waals surface area contributed by atoms with Crippen LogP contribution in [-0.2, 0) is 9.59 Å². The maximum atomic E-state index is 11.7. The second kappa shape index (κ2) is 11.1. The number of benzene rings is 1. The van der Waals surface area contributed by atoms with Crippen molar-refractivity contribution in [3.05, 3.63) is 28.2 Å². The molecule has 1 atom stereocenters. The zero-order valence-electron chi connectivity index (χ0n) is 15.0. The van der Waals surface area contributed by atoms with Crippen molar-refractivity contribution in [1.29, 1.82) is 0 Å². The number of carboxylic acids is 1. The summed E-state index contributed by atoms with van der Waals surface area (Å²) in [5, 5.41) is 18.9. The molecule has 1 aromatic carbocycles. The zero-order valence-corrected chi connectivity index (χ0v) is 17.4. The quantitative estimate of drug-likeness (QED) is 0.317. The van der Waals surface area contributed by atoms with Crippen molar-refractivity contribution in [1.82, 2.24) is 5.32 Å². The van der Waals surface area contributed by atoms with Crippen LogP contribution in [0.4, 0.5) is 0 Å². The molecule has 0 aliphatic carbocycles. The van der Waals surface area contributed by atoms with Gasteiger partial charge in [-0.15, -0.1) is 5.10 Å². The van der Waals surface area contributed by atoms with Crippen molar-refractivity contribution in [3.63, 3.8) is 0 Å². The third-order valence-electron chi connectivity index (χ3n) is 3.71. The molecular weight excluding hydrogens is 434 g/mol. The van der Waals surface area contributed by atoms with Gasteiger partial charge in [-0.05, 0) is 24.6 Å². The summed E-state index contributed by atoms with van der Waals surface area (Å²) in [4.78, 5) is 22.4. The van der Waals surface area contributed by atoms with Crippen LogP contribution in [0, 0.1) is 0 Å². The Morgan fingerprint density at radius 2 is 2.22 bits per heavy atom. The van der Waals surface area contributed by atoms with E-state index in [1.807, 2.05) is 18.2 Å². The molecule has 1 amide bonds. The number of amidine groups is 1. The molecule has 146 valence electrons. The van der Waals surface area contributed by atoms with E-state index in [1.54, 1.807) is 6.21 Å². The van der Waals surface area contributed by atoms with E-state index in [1.165, 1.54) is 12.8 Å². The summed E-state index contributed by atoms with van der Waals surface area (Å²) in [6.45, 7) is 2.81. The molecule has 0 aromatic heterocycles. The van der Waals surface area contributed by atoms with Gasteiger partial charge < -0.3 is 15.2 Å². The zero-order chi connectivity index (χ0) is 19.6. The third kappa shape index (κ3) is 7.34. The van der Waals surface area contributed by atoms with Crippen molar-refractivity contribution >= 4 is 51.0 Å². The van der Waals surface area contributed by atoms with Crippen LogP contribution in [0.2, 0.25) is 0 Å². The maximum absolute atomic E-state index is 11.7. The Hall–Kier alpha value is -1.87. The largest absolute Gasteiger partial charge is 0.493 e. The van der Waals surface area contributed by atoms with Crippen LogP contribution in [0.25, 0.3) is 0 Å². The van der Waals surface area contributed by atoms with E-state index < -0.39 is 11.2 Å². The number of hydrogen-bond acceptors (Lipinski definition) is 6. The standard InChI is InChI=1S/C18H22BrN3O4S/c1-2-3-4-5-8-26-14-7-6-13(19)9-12(14)11-20-22-18-21-17(25)15(27-18)10-16(23)24/h6-7,9,11,15H,2-5,8,10H2,1H3,(H,23,24)(H,21,22,25). The highest BCUT2D eigenvalue weighted by atomic mass is 79.9. The monoisotopic (exact) mass is 455 g/mol. The first-order valence-electron chi connectivity index (χ1n) is 8.72. The molecule has 9 heteroatoms. The van der Waals surface area contributed by atoms with Gasteiger partial charge in [0, 0.05) is 10.0 Å². The molecule has 2 N–H and O–H groups in total. The number of carboxylic acid groups (broad SMARTS) is 1. The van der Waals surface area contributed by atoms with Gasteiger partial charge in [-0.25, -0.2) is 0 Å². The van der Waals surface area contributed by atoms with Crippen LogP contribution in [0.15, 0.2) is 32.9 Å². The molecule has 1 heterocycles. The number of carbonyl (C=O) groups excluding carboxylic acids is 1. The van der Waals surface area contributed by atoms with Crippen molar-refractivity contribution in [3.8, 4) is 5.75 Å². The Morgan fingerprint density at radius 1 is 1.41 bits per heavy atom. The van der Waals surface area contributed by atoms with Gasteiger partial charge in [0.1, 0.15) is 11.0 Å². The Bertz CT molecular complexity index is 739. The van der Waals surface area contributed by atoms with Crippen molar-refractivity contribution in [2.24, 2.45) is 10.2 Å². The summed E-state index contributed by atoms with van der Waals surface area (Å²) < 4.78 is 6.73. The number of ether oxygens (including phenoxy) is 1. The summed E-state index contributed by atoms with van der Waals surface area (Å²) in [7, 11) is 0. The fourth-order valence-corrected chi connectivity index (χ4v) is 3.65. The lowest BCUT2D eigenvalue weighted by atomic mass is 10.2. The van der Waals surface area contributed by atoms with E-state index in [-0.39, 0.29) is 12.3 Å². The Morgan fingerprint density at radius 3 is 2.96 bits per heavy atom. The van der Waals surface area contributed by atoms with Gasteiger partial charge in [-0.2, -0.15) is 5.10 Å². The van der Waals surface area contributed by atoms with E-state index in [9.17, 15) is 9.59 Å². The first kappa shape index (κ1) is 21.4. The molecule has 0 saturated carbocycles. The molecule has 1 unspecified atom stereocenters. The Kier molecular flexibility index (Phi) is 8.80. The summed E-state index contributed by atoms with van der Waals surface area (Å²) >= 11 is 4.49. The van der Waals surface area contributed by atoms with Gasteiger partial charge in [0.15, 0.2) is 5.17 Å². The first-order valence-corrected chi connectivity index (χ1v) is 10.4. The number of carbonyl (C=O) groups is 2. The summed E-state index contributed by atoms with van der Waals surface area (Å²) in [6.07, 6.45) is 5.81. The molecule has 0 radical (unpaired) electrons. The first-order chi connectivity index (χ1) is 13.0. The number of unbranched alkanes of at least 4 members (excludes halogenated alkanes) is 3. The van der Waals surface area contributed by atoms with Gasteiger partial charge in [0.2, 0.25) is 5.91 Å². The van der Waals surface area contributed by atoms with Crippen molar-refractivity contribution in [2.75, 3.05) is 6.61 Å². The van der Waals surface area contributed by atoms with E-state index >= 15 is 0 Å². The molecule has 27 heavy (non-hydrogen) atoms. The third-order valence-corrected chi connectivity index (χ3v) is 5.27. The van der Waals surface area contributed by atoms with Gasteiger partial charge in [0.25, 0.3) is 0 Å². The van der Waals surface area contributed by atoms with Crippen LogP contribution in [0.5, 0.6) is 5.75 Å². The van der Waals surface area contributed by atoms with Crippen LogP contribution < -0.4 is 10.1 Å². The number of amides is 1. The molecule has 1 aromatic rings. The molecule has 1 saturated heterocycles.